The third kappa shape index (κ3) is 4.20. The Hall–Kier alpha value is -2.24. The van der Waals surface area contributed by atoms with Crippen LogP contribution in [-0.4, -0.2) is 19.2 Å². The molecule has 2 atom stereocenters. The zero-order chi connectivity index (χ0) is 19.8. The minimum atomic E-state index is -4.56. The number of carbonyl (C=O) groups excluding carboxylic acids is 1. The van der Waals surface area contributed by atoms with E-state index in [-0.39, 0.29) is 22.8 Å². The smallest absolute Gasteiger partial charge is 0.420 e. The fraction of sp³-hybridized carbons (Fsp3) is 0.476. The van der Waals surface area contributed by atoms with Gasteiger partial charge < -0.3 is 9.47 Å². The molecule has 1 fully saturated rings. The lowest BCUT2D eigenvalue weighted by Gasteiger charge is -2.32. The number of esters is 1. The van der Waals surface area contributed by atoms with Crippen LogP contribution >= 0.6 is 0 Å². The van der Waals surface area contributed by atoms with Crippen LogP contribution in [0.25, 0.3) is 10.8 Å². The van der Waals surface area contributed by atoms with E-state index >= 15 is 0 Å². The molecule has 146 valence electrons. The molecule has 0 amide bonds. The summed E-state index contributed by atoms with van der Waals surface area (Å²) in [6.45, 7) is 4.21. The van der Waals surface area contributed by atoms with Gasteiger partial charge >= 0.3 is 12.1 Å². The summed E-state index contributed by atoms with van der Waals surface area (Å²) < 4.78 is 52.0. The van der Waals surface area contributed by atoms with Crippen molar-refractivity contribution in [1.29, 1.82) is 0 Å². The van der Waals surface area contributed by atoms with Gasteiger partial charge in [-0.15, -0.1) is 0 Å². The number of ether oxygens (including phenoxy) is 2. The Morgan fingerprint density at radius 3 is 2.30 bits per heavy atom. The standard InChI is InChI=1S/C21H23F3O3/c1-12-8-13(2)10-16(9-12)27-18-7-5-14-11-15(20(25)26-3)4-6-17(14)19(18)21(22,23)24/h4-7,11-13,16H,8-10H2,1-3H3/t12-,13-/m1/s1. The molecule has 3 nitrogen and oxygen atoms in total. The first-order chi connectivity index (χ1) is 12.7. The minimum Gasteiger partial charge on any atom is -0.490 e. The predicted octanol–water partition coefficient (Wildman–Crippen LogP) is 5.85. The van der Waals surface area contributed by atoms with E-state index in [2.05, 4.69) is 18.6 Å². The molecule has 0 N–H and O–H groups in total. The molecule has 1 aliphatic rings. The SMILES string of the molecule is COC(=O)c1ccc2c(C(F)(F)F)c(OC3C[C@H](C)C[C@@H](C)C3)ccc2c1. The van der Waals surface area contributed by atoms with Crippen LogP contribution in [-0.2, 0) is 10.9 Å². The lowest BCUT2D eigenvalue weighted by Crippen LogP contribution is -2.29. The second-order valence-electron chi connectivity index (χ2n) is 7.52. The molecule has 2 aromatic rings. The average molecular weight is 380 g/mol. The number of hydrogen-bond donors (Lipinski definition) is 0. The van der Waals surface area contributed by atoms with Crippen LogP contribution in [0.4, 0.5) is 13.2 Å². The van der Waals surface area contributed by atoms with Crippen LogP contribution in [0.15, 0.2) is 30.3 Å². The van der Waals surface area contributed by atoms with Gasteiger partial charge in [-0.25, -0.2) is 4.79 Å². The summed E-state index contributed by atoms with van der Waals surface area (Å²) in [4.78, 5) is 11.7. The van der Waals surface area contributed by atoms with E-state index in [9.17, 15) is 18.0 Å². The van der Waals surface area contributed by atoms with Crippen LogP contribution in [0, 0.1) is 11.8 Å². The van der Waals surface area contributed by atoms with Gasteiger partial charge in [0, 0.05) is 0 Å². The summed E-state index contributed by atoms with van der Waals surface area (Å²) >= 11 is 0. The summed E-state index contributed by atoms with van der Waals surface area (Å²) in [7, 11) is 1.23. The molecule has 1 aliphatic carbocycles. The number of fused-ring (bicyclic) bond motifs is 1. The summed E-state index contributed by atoms with van der Waals surface area (Å²) in [5, 5.41) is 0.340. The van der Waals surface area contributed by atoms with Gasteiger partial charge in [0.1, 0.15) is 11.3 Å². The zero-order valence-electron chi connectivity index (χ0n) is 15.6. The number of methoxy groups -OCH3 is 1. The van der Waals surface area contributed by atoms with Crippen molar-refractivity contribution in [2.45, 2.75) is 45.4 Å². The molecule has 2 aromatic carbocycles. The first-order valence-corrected chi connectivity index (χ1v) is 9.08. The van der Waals surface area contributed by atoms with Crippen molar-refractivity contribution in [2.75, 3.05) is 7.11 Å². The van der Waals surface area contributed by atoms with Crippen LogP contribution in [0.2, 0.25) is 0 Å². The second kappa shape index (κ2) is 7.41. The van der Waals surface area contributed by atoms with Crippen molar-refractivity contribution in [1.82, 2.24) is 0 Å². The zero-order valence-corrected chi connectivity index (χ0v) is 15.6. The molecule has 1 saturated carbocycles. The van der Waals surface area contributed by atoms with Gasteiger partial charge in [0.15, 0.2) is 0 Å². The molecule has 3 rings (SSSR count). The van der Waals surface area contributed by atoms with Crippen molar-refractivity contribution in [3.05, 3.63) is 41.5 Å². The van der Waals surface area contributed by atoms with Gasteiger partial charge in [-0.1, -0.05) is 26.0 Å². The number of rotatable bonds is 3. The lowest BCUT2D eigenvalue weighted by atomic mass is 9.82. The normalized spacial score (nSPS) is 23.3. The van der Waals surface area contributed by atoms with Gasteiger partial charge in [0.25, 0.3) is 0 Å². The Bertz CT molecular complexity index is 834. The van der Waals surface area contributed by atoms with Gasteiger partial charge in [-0.3, -0.25) is 0 Å². The number of carbonyl (C=O) groups is 1. The van der Waals surface area contributed by atoms with E-state index in [0.29, 0.717) is 17.2 Å². The molecule has 27 heavy (non-hydrogen) atoms. The molecule has 0 aliphatic heterocycles. The number of hydrogen-bond acceptors (Lipinski definition) is 3. The fourth-order valence-electron chi connectivity index (χ4n) is 4.09. The third-order valence-electron chi connectivity index (χ3n) is 5.12. The van der Waals surface area contributed by atoms with Crippen molar-refractivity contribution in [2.24, 2.45) is 11.8 Å². The molecule has 0 unspecified atom stereocenters. The summed E-state index contributed by atoms with van der Waals surface area (Å²) in [5.41, 5.74) is -0.580. The van der Waals surface area contributed by atoms with Gasteiger partial charge in [0.05, 0.1) is 18.8 Å². The van der Waals surface area contributed by atoms with E-state index in [1.54, 1.807) is 6.07 Å². The minimum absolute atomic E-state index is 0.0181. The monoisotopic (exact) mass is 380 g/mol. The van der Waals surface area contributed by atoms with Crippen LogP contribution in [0.3, 0.4) is 0 Å². The van der Waals surface area contributed by atoms with Gasteiger partial charge in [0.2, 0.25) is 0 Å². The van der Waals surface area contributed by atoms with Crippen molar-refractivity contribution >= 4 is 16.7 Å². The van der Waals surface area contributed by atoms with Gasteiger partial charge in [-0.2, -0.15) is 13.2 Å². The summed E-state index contributed by atoms with van der Waals surface area (Å²) in [6, 6.07) is 6.98. The van der Waals surface area contributed by atoms with Crippen molar-refractivity contribution in [3.63, 3.8) is 0 Å². The molecule has 0 spiro atoms. The highest BCUT2D eigenvalue weighted by atomic mass is 19.4. The molecule has 0 saturated heterocycles. The summed E-state index contributed by atoms with van der Waals surface area (Å²) in [6.07, 6.45) is -2.22. The topological polar surface area (TPSA) is 35.5 Å². The number of benzene rings is 2. The van der Waals surface area contributed by atoms with E-state index in [4.69, 9.17) is 4.74 Å². The first kappa shape index (κ1) is 19.5. The maximum Gasteiger partial charge on any atom is 0.420 e. The largest absolute Gasteiger partial charge is 0.490 e. The predicted molar refractivity (Wildman–Crippen MR) is 96.9 cm³/mol. The average Bonchev–Trinajstić information content (AvgIpc) is 2.58. The fourth-order valence-corrected chi connectivity index (χ4v) is 4.09. The van der Waals surface area contributed by atoms with Gasteiger partial charge in [-0.05, 0) is 60.1 Å². The first-order valence-electron chi connectivity index (χ1n) is 9.08. The number of halogens is 3. The quantitative estimate of drug-likeness (QED) is 0.627. The Balaban J connectivity index is 2.03. The third-order valence-corrected chi connectivity index (χ3v) is 5.12. The number of alkyl halides is 3. The van der Waals surface area contributed by atoms with Crippen LogP contribution < -0.4 is 4.74 Å². The van der Waals surface area contributed by atoms with E-state index in [0.717, 1.165) is 19.3 Å². The second-order valence-corrected chi connectivity index (χ2v) is 7.52. The highest BCUT2D eigenvalue weighted by Crippen LogP contribution is 2.43. The van der Waals surface area contributed by atoms with E-state index in [1.165, 1.54) is 31.4 Å². The molecular formula is C21H23F3O3. The Kier molecular flexibility index (Phi) is 5.36. The maximum atomic E-state index is 13.8. The Morgan fingerprint density at radius 2 is 1.70 bits per heavy atom. The van der Waals surface area contributed by atoms with Crippen LogP contribution in [0.1, 0.15) is 49.0 Å². The Labute approximate surface area is 156 Å². The lowest BCUT2D eigenvalue weighted by molar-refractivity contribution is -0.138. The molecule has 6 heteroatoms. The van der Waals surface area contributed by atoms with E-state index < -0.39 is 17.7 Å². The summed E-state index contributed by atoms with van der Waals surface area (Å²) in [5.74, 6) is 0.121. The molecule has 0 heterocycles. The molecule has 0 aromatic heterocycles. The Morgan fingerprint density at radius 1 is 1.04 bits per heavy atom. The highest BCUT2D eigenvalue weighted by molar-refractivity contribution is 5.97. The molecular weight excluding hydrogens is 357 g/mol. The molecule has 0 bridgehead atoms. The highest BCUT2D eigenvalue weighted by Gasteiger charge is 2.38. The maximum absolute atomic E-state index is 13.8. The molecule has 0 radical (unpaired) electrons. The van der Waals surface area contributed by atoms with Crippen molar-refractivity contribution < 1.29 is 27.4 Å². The van der Waals surface area contributed by atoms with Crippen molar-refractivity contribution in [3.8, 4) is 5.75 Å². The van der Waals surface area contributed by atoms with Crippen LogP contribution in [0.5, 0.6) is 5.75 Å². The van der Waals surface area contributed by atoms with E-state index in [1.807, 2.05) is 0 Å².